The molecule has 2 aliphatic rings. The molecule has 2 heterocycles. The second-order valence-corrected chi connectivity index (χ2v) is 5.27. The van der Waals surface area contributed by atoms with Crippen molar-refractivity contribution in [2.75, 3.05) is 19.6 Å². The number of rotatable bonds is 2. The van der Waals surface area contributed by atoms with E-state index in [1.807, 2.05) is 0 Å². The third-order valence-electron chi connectivity index (χ3n) is 3.84. The molecule has 2 aliphatic heterocycles. The Balaban J connectivity index is 1.88. The predicted octanol–water partition coefficient (Wildman–Crippen LogP) is 1.22. The molecule has 0 spiro atoms. The van der Waals surface area contributed by atoms with Gasteiger partial charge in [0.15, 0.2) is 0 Å². The van der Waals surface area contributed by atoms with Gasteiger partial charge in [0.05, 0.1) is 12.2 Å². The second-order valence-electron chi connectivity index (χ2n) is 5.27. The number of likely N-dealkylation sites (tertiary alicyclic amines) is 1. The molecule has 0 aliphatic carbocycles. The summed E-state index contributed by atoms with van der Waals surface area (Å²) in [6, 6.07) is 0.736. The molecule has 15 heavy (non-hydrogen) atoms. The third kappa shape index (κ3) is 2.71. The molecule has 3 nitrogen and oxygen atoms in total. The third-order valence-corrected chi connectivity index (χ3v) is 3.84. The average molecular weight is 212 g/mol. The molecule has 2 saturated heterocycles. The Morgan fingerprint density at radius 3 is 2.47 bits per heavy atom. The molecular formula is C12H24N2O. The van der Waals surface area contributed by atoms with Crippen molar-refractivity contribution in [2.45, 2.75) is 51.4 Å². The lowest BCUT2D eigenvalue weighted by Crippen LogP contribution is -2.43. The highest BCUT2D eigenvalue weighted by atomic mass is 16.5. The van der Waals surface area contributed by atoms with Crippen LogP contribution in [0.15, 0.2) is 0 Å². The fraction of sp³-hybridized carbons (Fsp3) is 1.00. The van der Waals surface area contributed by atoms with Gasteiger partial charge in [-0.3, -0.25) is 4.90 Å². The van der Waals surface area contributed by atoms with E-state index >= 15 is 0 Å². The summed E-state index contributed by atoms with van der Waals surface area (Å²) in [5.74, 6) is 0.735. The molecular weight excluding hydrogens is 188 g/mol. The van der Waals surface area contributed by atoms with Gasteiger partial charge in [0.2, 0.25) is 0 Å². The van der Waals surface area contributed by atoms with E-state index < -0.39 is 0 Å². The van der Waals surface area contributed by atoms with Crippen LogP contribution in [-0.2, 0) is 4.74 Å². The summed E-state index contributed by atoms with van der Waals surface area (Å²) >= 11 is 0. The van der Waals surface area contributed by atoms with Crippen molar-refractivity contribution < 1.29 is 4.74 Å². The lowest BCUT2D eigenvalue weighted by atomic mass is 9.98. The molecule has 0 saturated carbocycles. The molecule has 0 amide bonds. The van der Waals surface area contributed by atoms with Crippen LogP contribution >= 0.6 is 0 Å². The Hall–Kier alpha value is -0.120. The highest BCUT2D eigenvalue weighted by Crippen LogP contribution is 2.27. The fourth-order valence-corrected chi connectivity index (χ4v) is 3.06. The lowest BCUT2D eigenvalue weighted by Gasteiger charge is -2.37. The Morgan fingerprint density at radius 1 is 1.27 bits per heavy atom. The Labute approximate surface area is 93.0 Å². The highest BCUT2D eigenvalue weighted by Gasteiger charge is 2.32. The Morgan fingerprint density at radius 2 is 1.93 bits per heavy atom. The van der Waals surface area contributed by atoms with E-state index in [4.69, 9.17) is 10.5 Å². The van der Waals surface area contributed by atoms with E-state index in [0.717, 1.165) is 18.5 Å². The summed E-state index contributed by atoms with van der Waals surface area (Å²) in [4.78, 5) is 2.63. The van der Waals surface area contributed by atoms with Gasteiger partial charge in [0.1, 0.15) is 0 Å². The number of ether oxygens (including phenoxy) is 1. The number of hydrogen-bond acceptors (Lipinski definition) is 3. The van der Waals surface area contributed by atoms with Gasteiger partial charge in [-0.25, -0.2) is 0 Å². The molecule has 3 heteroatoms. The quantitative estimate of drug-likeness (QED) is 0.748. The van der Waals surface area contributed by atoms with E-state index in [1.54, 1.807) is 0 Å². The van der Waals surface area contributed by atoms with Crippen LogP contribution in [0, 0.1) is 5.92 Å². The van der Waals surface area contributed by atoms with Crippen molar-refractivity contribution >= 4 is 0 Å². The first-order chi connectivity index (χ1) is 7.19. The smallest absolute Gasteiger partial charge is 0.0565 e. The largest absolute Gasteiger partial charge is 0.375 e. The van der Waals surface area contributed by atoms with Gasteiger partial charge in [-0.2, -0.15) is 0 Å². The molecule has 3 atom stereocenters. The zero-order valence-electron chi connectivity index (χ0n) is 9.98. The molecule has 0 bridgehead atoms. The van der Waals surface area contributed by atoms with Gasteiger partial charge >= 0.3 is 0 Å². The van der Waals surface area contributed by atoms with Gasteiger partial charge in [0, 0.05) is 12.6 Å². The van der Waals surface area contributed by atoms with Crippen LogP contribution in [0.25, 0.3) is 0 Å². The van der Waals surface area contributed by atoms with E-state index in [-0.39, 0.29) is 0 Å². The van der Waals surface area contributed by atoms with E-state index in [0.29, 0.717) is 12.2 Å². The average Bonchev–Trinajstić information content (AvgIpc) is 2.64. The topological polar surface area (TPSA) is 38.5 Å². The minimum atomic E-state index is 0.427. The zero-order chi connectivity index (χ0) is 10.8. The van der Waals surface area contributed by atoms with Gasteiger partial charge in [-0.15, -0.1) is 0 Å². The van der Waals surface area contributed by atoms with Crippen LogP contribution in [0.5, 0.6) is 0 Å². The van der Waals surface area contributed by atoms with Crippen LogP contribution in [0.1, 0.15) is 33.1 Å². The summed E-state index contributed by atoms with van der Waals surface area (Å²) in [7, 11) is 0. The van der Waals surface area contributed by atoms with Crippen molar-refractivity contribution in [1.29, 1.82) is 0 Å². The molecule has 2 rings (SSSR count). The lowest BCUT2D eigenvalue weighted by molar-refractivity contribution is -0.0621. The molecule has 2 N–H and O–H groups in total. The number of nitrogens with zero attached hydrogens (tertiary/aromatic N) is 1. The molecule has 0 aromatic rings. The first-order valence-corrected chi connectivity index (χ1v) is 6.28. The summed E-state index contributed by atoms with van der Waals surface area (Å²) in [5.41, 5.74) is 5.73. The summed E-state index contributed by atoms with van der Waals surface area (Å²) in [6.45, 7) is 7.69. The van der Waals surface area contributed by atoms with E-state index in [9.17, 15) is 0 Å². The van der Waals surface area contributed by atoms with Crippen molar-refractivity contribution in [1.82, 2.24) is 4.90 Å². The van der Waals surface area contributed by atoms with Crippen molar-refractivity contribution in [3.8, 4) is 0 Å². The van der Waals surface area contributed by atoms with Crippen LogP contribution < -0.4 is 5.73 Å². The van der Waals surface area contributed by atoms with Gasteiger partial charge in [-0.05, 0) is 52.1 Å². The van der Waals surface area contributed by atoms with Crippen LogP contribution in [0.2, 0.25) is 0 Å². The Bertz CT molecular complexity index is 200. The molecule has 88 valence electrons. The molecule has 0 aromatic heterocycles. The first kappa shape index (κ1) is 11.4. The van der Waals surface area contributed by atoms with Gasteiger partial charge < -0.3 is 10.5 Å². The summed E-state index contributed by atoms with van der Waals surface area (Å²) < 4.78 is 5.78. The van der Waals surface area contributed by atoms with Crippen molar-refractivity contribution in [3.05, 3.63) is 0 Å². The molecule has 2 fully saturated rings. The van der Waals surface area contributed by atoms with Crippen LogP contribution in [-0.4, -0.2) is 42.8 Å². The monoisotopic (exact) mass is 212 g/mol. The standard InChI is InChI=1S/C12H24N2O/c1-9-5-12(6-10(2)15-9)14-4-3-11(7-13)8-14/h9-12H,3-8,13H2,1-2H3. The zero-order valence-corrected chi connectivity index (χ0v) is 9.98. The number of hydrogen-bond donors (Lipinski definition) is 1. The normalized spacial score (nSPS) is 43.4. The first-order valence-electron chi connectivity index (χ1n) is 6.28. The Kier molecular flexibility index (Phi) is 3.65. The van der Waals surface area contributed by atoms with Gasteiger partial charge in [-0.1, -0.05) is 0 Å². The van der Waals surface area contributed by atoms with Crippen molar-refractivity contribution in [3.63, 3.8) is 0 Å². The number of nitrogens with two attached hydrogens (primary N) is 1. The molecule has 0 aromatic carbocycles. The maximum absolute atomic E-state index is 5.78. The minimum absolute atomic E-state index is 0.427. The minimum Gasteiger partial charge on any atom is -0.375 e. The molecule has 0 radical (unpaired) electrons. The van der Waals surface area contributed by atoms with E-state index in [1.165, 1.54) is 32.4 Å². The van der Waals surface area contributed by atoms with Crippen LogP contribution in [0.3, 0.4) is 0 Å². The predicted molar refractivity (Wildman–Crippen MR) is 61.8 cm³/mol. The fourth-order valence-electron chi connectivity index (χ4n) is 3.06. The summed E-state index contributed by atoms with van der Waals surface area (Å²) in [5, 5.41) is 0. The highest BCUT2D eigenvalue weighted by molar-refractivity contribution is 4.86. The van der Waals surface area contributed by atoms with Gasteiger partial charge in [0.25, 0.3) is 0 Å². The molecule has 3 unspecified atom stereocenters. The second kappa shape index (κ2) is 4.81. The summed E-state index contributed by atoms with van der Waals surface area (Å²) in [6.07, 6.45) is 4.53. The maximum Gasteiger partial charge on any atom is 0.0565 e. The maximum atomic E-state index is 5.78. The SMILES string of the molecule is CC1CC(N2CCC(CN)C2)CC(C)O1. The van der Waals surface area contributed by atoms with Crippen molar-refractivity contribution in [2.24, 2.45) is 11.7 Å². The van der Waals surface area contributed by atoms with Crippen LogP contribution in [0.4, 0.5) is 0 Å². The van der Waals surface area contributed by atoms with E-state index in [2.05, 4.69) is 18.7 Å².